The number of aliphatic hydroxyl groups excluding tert-OH is 2. The summed E-state index contributed by atoms with van der Waals surface area (Å²) in [5.41, 5.74) is 4.97. The number of fused-ring (bicyclic) bond motifs is 1. The monoisotopic (exact) mass is 710 g/mol. The van der Waals surface area contributed by atoms with E-state index in [2.05, 4.69) is 20.9 Å². The molecule has 0 radical (unpaired) electrons. The summed E-state index contributed by atoms with van der Waals surface area (Å²) in [4.78, 5) is 11.5. The zero-order chi connectivity index (χ0) is 34.6. The number of hydrogen-bond acceptors (Lipinski definition) is 11. The normalized spacial score (nSPS) is 11.8. The second-order valence-electron chi connectivity index (χ2n) is 11.0. The van der Waals surface area contributed by atoms with Crippen molar-refractivity contribution in [2.75, 3.05) is 32.9 Å². The SMILES string of the molecule is O=C(O)[C@@H](CO)NCc1cc(Cl)c(OCc2cccc(-c3cccc(OCCCNCCO)c3)c2Cl)cc1OCc1ccc2nonc2c1. The molecule has 0 aliphatic carbocycles. The van der Waals surface area contributed by atoms with Crippen molar-refractivity contribution in [3.63, 3.8) is 0 Å². The van der Waals surface area contributed by atoms with Crippen LogP contribution in [0.25, 0.3) is 22.2 Å². The highest BCUT2D eigenvalue weighted by Crippen LogP contribution is 2.36. The first-order valence-electron chi connectivity index (χ1n) is 15.5. The lowest BCUT2D eigenvalue weighted by Crippen LogP contribution is -2.39. The third-order valence-electron chi connectivity index (χ3n) is 7.51. The number of carboxylic acid groups (broad SMARTS) is 1. The van der Waals surface area contributed by atoms with Crippen molar-refractivity contribution in [2.45, 2.75) is 32.2 Å². The quantitative estimate of drug-likeness (QED) is 0.0708. The number of aromatic nitrogens is 2. The van der Waals surface area contributed by atoms with Gasteiger partial charge in [-0.3, -0.25) is 10.1 Å². The van der Waals surface area contributed by atoms with Crippen LogP contribution in [0.4, 0.5) is 0 Å². The highest BCUT2D eigenvalue weighted by atomic mass is 35.5. The third-order valence-corrected chi connectivity index (χ3v) is 8.25. The van der Waals surface area contributed by atoms with Gasteiger partial charge in [0, 0.05) is 35.8 Å². The first-order valence-corrected chi connectivity index (χ1v) is 16.3. The molecule has 5 N–H and O–H groups in total. The lowest BCUT2D eigenvalue weighted by molar-refractivity contribution is -0.140. The number of carbonyl (C=O) groups is 1. The molecule has 0 unspecified atom stereocenters. The van der Waals surface area contributed by atoms with E-state index in [1.807, 2.05) is 48.5 Å². The maximum absolute atomic E-state index is 11.5. The average molecular weight is 712 g/mol. The maximum atomic E-state index is 11.5. The van der Waals surface area contributed by atoms with Crippen LogP contribution in [-0.2, 0) is 24.6 Å². The van der Waals surface area contributed by atoms with Crippen molar-refractivity contribution in [1.29, 1.82) is 0 Å². The molecule has 49 heavy (non-hydrogen) atoms. The second kappa shape index (κ2) is 17.8. The molecule has 14 heteroatoms. The Morgan fingerprint density at radius 2 is 1.67 bits per heavy atom. The van der Waals surface area contributed by atoms with Gasteiger partial charge in [0.15, 0.2) is 0 Å². The highest BCUT2D eigenvalue weighted by Gasteiger charge is 2.19. The van der Waals surface area contributed by atoms with Crippen LogP contribution in [0.15, 0.2) is 77.4 Å². The van der Waals surface area contributed by atoms with Crippen LogP contribution in [-0.4, -0.2) is 70.6 Å². The van der Waals surface area contributed by atoms with Gasteiger partial charge in [0.1, 0.15) is 47.5 Å². The van der Waals surface area contributed by atoms with Crippen molar-refractivity contribution in [3.05, 3.63) is 99.5 Å². The second-order valence-corrected chi connectivity index (χ2v) is 11.8. The zero-order valence-corrected chi connectivity index (χ0v) is 27.9. The minimum atomic E-state index is -1.19. The number of aliphatic hydroxyl groups is 2. The van der Waals surface area contributed by atoms with Gasteiger partial charge < -0.3 is 34.8 Å². The molecule has 4 aromatic carbocycles. The van der Waals surface area contributed by atoms with E-state index in [9.17, 15) is 15.0 Å². The number of nitrogens with one attached hydrogen (secondary N) is 2. The van der Waals surface area contributed by atoms with Crippen molar-refractivity contribution >= 4 is 40.2 Å². The van der Waals surface area contributed by atoms with Gasteiger partial charge in [-0.1, -0.05) is 59.6 Å². The maximum Gasteiger partial charge on any atom is 0.323 e. The van der Waals surface area contributed by atoms with Crippen LogP contribution in [0.2, 0.25) is 10.0 Å². The fourth-order valence-corrected chi connectivity index (χ4v) is 5.45. The molecule has 0 saturated heterocycles. The van der Waals surface area contributed by atoms with Crippen molar-refractivity contribution in [3.8, 4) is 28.4 Å². The first-order chi connectivity index (χ1) is 23.9. The van der Waals surface area contributed by atoms with Gasteiger partial charge in [-0.25, -0.2) is 4.63 Å². The predicted molar refractivity (Wildman–Crippen MR) is 184 cm³/mol. The minimum absolute atomic E-state index is 0.0519. The Morgan fingerprint density at radius 1 is 0.857 bits per heavy atom. The summed E-state index contributed by atoms with van der Waals surface area (Å²) in [6.45, 7) is 1.64. The Hall–Kier alpha value is -4.43. The van der Waals surface area contributed by atoms with E-state index in [0.717, 1.165) is 41.0 Å². The molecule has 0 fully saturated rings. The smallest absolute Gasteiger partial charge is 0.323 e. The van der Waals surface area contributed by atoms with Gasteiger partial charge in [0.25, 0.3) is 0 Å². The lowest BCUT2D eigenvalue weighted by Gasteiger charge is -2.18. The van der Waals surface area contributed by atoms with Crippen molar-refractivity contribution in [2.24, 2.45) is 0 Å². The number of hydrogen-bond donors (Lipinski definition) is 5. The summed E-state index contributed by atoms with van der Waals surface area (Å²) < 4.78 is 23.0. The van der Waals surface area contributed by atoms with E-state index in [-0.39, 0.29) is 31.4 Å². The number of halogens is 2. The molecule has 0 aliphatic heterocycles. The fraction of sp³-hybridized carbons (Fsp3) is 0.286. The Balaban J connectivity index is 1.31. The largest absolute Gasteiger partial charge is 0.494 e. The van der Waals surface area contributed by atoms with Crippen LogP contribution < -0.4 is 24.8 Å². The molecule has 0 bridgehead atoms. The summed E-state index contributed by atoms with van der Waals surface area (Å²) in [7, 11) is 0. The van der Waals surface area contributed by atoms with E-state index in [1.54, 1.807) is 24.3 Å². The van der Waals surface area contributed by atoms with E-state index >= 15 is 0 Å². The average Bonchev–Trinajstić information content (AvgIpc) is 3.58. The Kier molecular flexibility index (Phi) is 13.0. The third kappa shape index (κ3) is 9.82. The number of rotatable bonds is 19. The van der Waals surface area contributed by atoms with Gasteiger partial charge in [0.2, 0.25) is 0 Å². The summed E-state index contributed by atoms with van der Waals surface area (Å²) in [6, 6.07) is 20.9. The molecule has 258 valence electrons. The molecule has 0 saturated carbocycles. The van der Waals surface area contributed by atoms with Crippen LogP contribution in [0, 0.1) is 0 Å². The minimum Gasteiger partial charge on any atom is -0.494 e. The van der Waals surface area contributed by atoms with E-state index < -0.39 is 18.6 Å². The predicted octanol–water partition coefficient (Wildman–Crippen LogP) is 5.24. The number of nitrogens with zero attached hydrogens (tertiary/aromatic N) is 2. The summed E-state index contributed by atoms with van der Waals surface area (Å²) in [5, 5.41) is 42.1. The van der Waals surface area contributed by atoms with Crippen molar-refractivity contribution < 1.29 is 39.0 Å². The number of carboxylic acids is 1. The van der Waals surface area contributed by atoms with E-state index in [0.29, 0.717) is 46.3 Å². The summed E-state index contributed by atoms with van der Waals surface area (Å²) in [5.74, 6) is 0.261. The summed E-state index contributed by atoms with van der Waals surface area (Å²) >= 11 is 13.5. The van der Waals surface area contributed by atoms with Crippen LogP contribution in [0.1, 0.15) is 23.1 Å². The van der Waals surface area contributed by atoms with Gasteiger partial charge in [0.05, 0.1) is 29.9 Å². The van der Waals surface area contributed by atoms with Crippen LogP contribution in [0.3, 0.4) is 0 Å². The standard InChI is InChI=1S/C35H36Cl2N4O8/c36-28-16-25(18-39-31(19-43)35(44)45)32(47-20-22-8-9-29-30(14-22)41-49-40-29)17-33(28)48-21-24-5-2-7-27(34(24)37)23-4-1-6-26(15-23)46-13-3-10-38-11-12-42/h1-2,4-9,14-17,31,38-39,42-43H,3,10-13,18-21H2,(H,44,45)/t31-/m1/s1. The van der Waals surface area contributed by atoms with Gasteiger partial charge in [-0.2, -0.15) is 0 Å². The Morgan fingerprint density at radius 3 is 2.49 bits per heavy atom. The molecular weight excluding hydrogens is 675 g/mol. The van der Waals surface area contributed by atoms with Crippen molar-refractivity contribution in [1.82, 2.24) is 20.9 Å². The summed E-state index contributed by atoms with van der Waals surface area (Å²) in [6.07, 6.45) is 0.798. The number of aliphatic carboxylic acids is 1. The molecule has 0 amide bonds. The van der Waals surface area contributed by atoms with Gasteiger partial charge >= 0.3 is 5.97 Å². The molecule has 5 rings (SSSR count). The van der Waals surface area contributed by atoms with E-state index in [1.165, 1.54) is 0 Å². The molecule has 1 heterocycles. The zero-order valence-electron chi connectivity index (χ0n) is 26.4. The molecule has 0 spiro atoms. The molecule has 5 aromatic rings. The Bertz CT molecular complexity index is 1850. The van der Waals surface area contributed by atoms with E-state index in [4.69, 9.17) is 47.1 Å². The Labute approximate surface area is 292 Å². The molecule has 12 nitrogen and oxygen atoms in total. The molecular formula is C35H36Cl2N4O8. The highest BCUT2D eigenvalue weighted by molar-refractivity contribution is 6.34. The van der Waals surface area contributed by atoms with Gasteiger partial charge in [-0.05, 0) is 64.7 Å². The molecule has 1 atom stereocenters. The molecule has 1 aromatic heterocycles. The fourth-order valence-electron chi connectivity index (χ4n) is 4.92. The van der Waals surface area contributed by atoms with Crippen LogP contribution >= 0.6 is 23.2 Å². The lowest BCUT2D eigenvalue weighted by atomic mass is 10.0. The topological polar surface area (TPSA) is 168 Å². The first kappa shape index (κ1) is 35.9. The van der Waals surface area contributed by atoms with Gasteiger partial charge in [-0.15, -0.1) is 0 Å². The molecule has 0 aliphatic rings. The van der Waals surface area contributed by atoms with Crippen LogP contribution in [0.5, 0.6) is 17.2 Å². The number of benzene rings is 4. The number of ether oxygens (including phenoxy) is 3.